The van der Waals surface area contributed by atoms with Crippen molar-refractivity contribution in [3.63, 3.8) is 0 Å². The van der Waals surface area contributed by atoms with E-state index in [2.05, 4.69) is 5.32 Å². The third kappa shape index (κ3) is 4.72. The monoisotopic (exact) mass is 624 g/mol. The molecule has 0 radical (unpaired) electrons. The summed E-state index contributed by atoms with van der Waals surface area (Å²) in [7, 11) is 5.83. The molecule has 1 N–H and O–H groups in total. The number of nitrogens with zero attached hydrogens (tertiary/aromatic N) is 1. The average molecular weight is 625 g/mol. The van der Waals surface area contributed by atoms with Crippen LogP contribution in [0.4, 0.5) is 11.4 Å². The molecular weight excluding hydrogens is 600 g/mol. The van der Waals surface area contributed by atoms with E-state index in [1.165, 1.54) is 19.2 Å². The highest BCUT2D eigenvalue weighted by Gasteiger charge is 2.61. The number of nitro benzene ring substituents is 1. The Hall–Kier alpha value is -3.63. The van der Waals surface area contributed by atoms with Crippen LogP contribution in [-0.2, 0) is 38.1 Å². The van der Waals surface area contributed by atoms with Gasteiger partial charge in [0, 0.05) is 16.0 Å². The Bertz CT molecular complexity index is 1480. The van der Waals surface area contributed by atoms with Gasteiger partial charge in [0.2, 0.25) is 0 Å². The molecule has 13 nitrogen and oxygen atoms in total. The predicted molar refractivity (Wildman–Crippen MR) is 152 cm³/mol. The molecule has 0 saturated carbocycles. The first kappa shape index (κ1) is 30.3. The number of hydrogen-bond donors (Lipinski definition) is 1. The van der Waals surface area contributed by atoms with Crippen molar-refractivity contribution in [3.05, 3.63) is 53.0 Å². The summed E-state index contributed by atoms with van der Waals surface area (Å²) < 4.78 is 23.6. The highest BCUT2D eigenvalue weighted by Crippen LogP contribution is 2.71. The molecule has 218 valence electrons. The van der Waals surface area contributed by atoms with Crippen LogP contribution in [-0.4, -0.2) is 74.0 Å². The summed E-state index contributed by atoms with van der Waals surface area (Å²) in [6.07, 6.45) is 0. The van der Waals surface area contributed by atoms with Crippen LogP contribution in [0.5, 0.6) is 5.75 Å². The van der Waals surface area contributed by atoms with Crippen molar-refractivity contribution in [2.24, 2.45) is 0 Å². The lowest BCUT2D eigenvalue weighted by Gasteiger charge is -2.46. The Labute approximate surface area is 246 Å². The number of esters is 4. The minimum atomic E-state index is -1.77. The maximum atomic E-state index is 13.5. The molecular formula is C25H24N2O11S3. The quantitative estimate of drug-likeness (QED) is 0.211. The van der Waals surface area contributed by atoms with Gasteiger partial charge >= 0.3 is 23.9 Å². The number of methoxy groups -OCH3 is 5. The molecule has 1 aromatic carbocycles. The first-order valence-electron chi connectivity index (χ1n) is 11.6. The number of thioether (sulfide) groups is 3. The van der Waals surface area contributed by atoms with E-state index in [1.54, 1.807) is 13.8 Å². The Morgan fingerprint density at radius 1 is 0.829 bits per heavy atom. The lowest BCUT2D eigenvalue weighted by Crippen LogP contribution is -2.44. The van der Waals surface area contributed by atoms with Gasteiger partial charge in [-0.2, -0.15) is 0 Å². The lowest BCUT2D eigenvalue weighted by atomic mass is 9.84. The van der Waals surface area contributed by atoms with Crippen LogP contribution < -0.4 is 10.1 Å². The number of carbonyl (C=O) groups excluding carboxylic acids is 4. The van der Waals surface area contributed by atoms with Crippen LogP contribution in [0.25, 0.3) is 5.57 Å². The molecule has 0 aromatic heterocycles. The average Bonchev–Trinajstić information content (AvgIpc) is 3.34. The van der Waals surface area contributed by atoms with E-state index in [0.717, 1.165) is 63.7 Å². The summed E-state index contributed by atoms with van der Waals surface area (Å²) in [5.74, 6) is -3.47. The molecule has 1 aromatic rings. The molecule has 4 rings (SSSR count). The van der Waals surface area contributed by atoms with Crippen LogP contribution in [0.15, 0.2) is 37.3 Å². The summed E-state index contributed by atoms with van der Waals surface area (Å²) in [6.45, 7) is 3.47. The fourth-order valence-corrected chi connectivity index (χ4v) is 9.57. The van der Waals surface area contributed by atoms with Crippen molar-refractivity contribution in [3.8, 4) is 5.75 Å². The molecule has 0 aliphatic carbocycles. The number of nitro groups is 1. The first-order chi connectivity index (χ1) is 19.3. The minimum Gasteiger partial charge on any atom is -0.496 e. The zero-order valence-electron chi connectivity index (χ0n) is 22.8. The molecule has 41 heavy (non-hydrogen) atoms. The van der Waals surface area contributed by atoms with Gasteiger partial charge in [0.15, 0.2) is 0 Å². The second-order valence-electron chi connectivity index (χ2n) is 9.03. The van der Waals surface area contributed by atoms with Gasteiger partial charge in [-0.15, -0.1) is 0 Å². The van der Waals surface area contributed by atoms with Crippen molar-refractivity contribution in [1.82, 2.24) is 0 Å². The molecule has 3 heterocycles. The summed E-state index contributed by atoms with van der Waals surface area (Å²) in [5, 5.41) is 15.4. The largest absolute Gasteiger partial charge is 0.496 e. The lowest BCUT2D eigenvalue weighted by molar-refractivity contribution is -0.384. The summed E-state index contributed by atoms with van der Waals surface area (Å²) in [5.41, 5.74) is -0.951. The van der Waals surface area contributed by atoms with Crippen molar-refractivity contribution in [1.29, 1.82) is 0 Å². The standard InChI is InChI=1S/C25H24N2O11S3/c1-24(2)19-13(11-8-10(34-3)9-12(27(32)33)15(11)26-24)25(14(20(28)35-4)16(39-19)21(29)36-5)40-17(22(30)37-6)18(41-25)23(31)38-7/h8-9,26H,1-7H3. The first-order valence-corrected chi connectivity index (χ1v) is 14.0. The number of hydrogen-bond acceptors (Lipinski definition) is 15. The molecule has 0 amide bonds. The summed E-state index contributed by atoms with van der Waals surface area (Å²) in [6, 6.07) is 2.79. The van der Waals surface area contributed by atoms with Gasteiger partial charge in [-0.05, 0) is 19.9 Å². The molecule has 0 unspecified atom stereocenters. The third-order valence-corrected chi connectivity index (χ3v) is 11.0. The summed E-state index contributed by atoms with van der Waals surface area (Å²) in [4.78, 5) is 64.2. The van der Waals surface area contributed by atoms with Gasteiger partial charge < -0.3 is 29.0 Å². The number of rotatable bonds is 6. The fourth-order valence-electron chi connectivity index (χ4n) is 4.55. The molecule has 3 aliphatic heterocycles. The van der Waals surface area contributed by atoms with Gasteiger partial charge in [-0.1, -0.05) is 35.3 Å². The van der Waals surface area contributed by atoms with E-state index in [0.29, 0.717) is 10.5 Å². The molecule has 0 bridgehead atoms. The second kappa shape index (κ2) is 11.0. The SMILES string of the molecule is COC(=O)C1=C(C(=O)OC)SC2(S1)C(C(=O)OC)=C(C(=O)OC)SC1=C2c2cc(OC)cc([N+](=O)[O-])c2NC1(C)C. The molecule has 1 spiro atoms. The van der Waals surface area contributed by atoms with E-state index in [4.69, 9.17) is 23.7 Å². The Morgan fingerprint density at radius 3 is 1.80 bits per heavy atom. The maximum absolute atomic E-state index is 13.5. The molecule has 3 aliphatic rings. The zero-order valence-corrected chi connectivity index (χ0v) is 25.3. The molecule has 0 atom stereocenters. The van der Waals surface area contributed by atoms with Gasteiger partial charge in [-0.3, -0.25) is 10.1 Å². The second-order valence-corrected chi connectivity index (χ2v) is 12.8. The van der Waals surface area contributed by atoms with E-state index in [9.17, 15) is 29.3 Å². The van der Waals surface area contributed by atoms with Crippen LogP contribution in [0.1, 0.15) is 19.4 Å². The van der Waals surface area contributed by atoms with Gasteiger partial charge in [0.1, 0.15) is 30.2 Å². The topological polar surface area (TPSA) is 170 Å². The van der Waals surface area contributed by atoms with E-state index in [-0.39, 0.29) is 43.0 Å². The van der Waals surface area contributed by atoms with Crippen LogP contribution in [0.2, 0.25) is 0 Å². The molecule has 16 heteroatoms. The Morgan fingerprint density at radius 2 is 1.34 bits per heavy atom. The highest BCUT2D eigenvalue weighted by atomic mass is 32.2. The van der Waals surface area contributed by atoms with Crippen molar-refractivity contribution in [2.45, 2.75) is 23.5 Å². The van der Waals surface area contributed by atoms with E-state index in [1.807, 2.05) is 0 Å². The Balaban J connectivity index is 2.20. The Kier molecular flexibility index (Phi) is 8.12. The highest BCUT2D eigenvalue weighted by molar-refractivity contribution is 8.26. The van der Waals surface area contributed by atoms with Crippen LogP contribution in [0, 0.1) is 10.1 Å². The van der Waals surface area contributed by atoms with Crippen molar-refractivity contribution < 1.29 is 47.8 Å². The number of fused-ring (bicyclic) bond motifs is 3. The normalized spacial score (nSPS) is 18.2. The minimum absolute atomic E-state index is 0.109. The van der Waals surface area contributed by atoms with Gasteiger partial charge in [0.25, 0.3) is 5.69 Å². The van der Waals surface area contributed by atoms with Crippen molar-refractivity contribution >= 4 is 76.1 Å². The number of benzene rings is 1. The number of carbonyl (C=O) groups is 4. The summed E-state index contributed by atoms with van der Waals surface area (Å²) >= 11 is 2.46. The third-order valence-electron chi connectivity index (χ3n) is 6.31. The van der Waals surface area contributed by atoms with Crippen molar-refractivity contribution in [2.75, 3.05) is 40.9 Å². The fraction of sp³-hybridized carbons (Fsp3) is 0.360. The number of ether oxygens (including phenoxy) is 5. The van der Waals surface area contributed by atoms with E-state index >= 15 is 0 Å². The van der Waals surface area contributed by atoms with Crippen LogP contribution >= 0.6 is 35.3 Å². The predicted octanol–water partition coefficient (Wildman–Crippen LogP) is 3.60. The zero-order chi connectivity index (χ0) is 30.4. The van der Waals surface area contributed by atoms with Gasteiger partial charge in [0.05, 0.1) is 57.7 Å². The molecule has 0 fully saturated rings. The molecule has 0 saturated heterocycles. The van der Waals surface area contributed by atoms with E-state index < -0.39 is 38.4 Å². The van der Waals surface area contributed by atoms with Gasteiger partial charge in [-0.25, -0.2) is 19.2 Å². The number of anilines is 1. The smallest absolute Gasteiger partial charge is 0.345 e. The van der Waals surface area contributed by atoms with Crippen LogP contribution in [0.3, 0.4) is 0 Å². The number of nitrogens with one attached hydrogen (secondary N) is 1. The maximum Gasteiger partial charge on any atom is 0.345 e.